The summed E-state index contributed by atoms with van der Waals surface area (Å²) in [6.07, 6.45) is 2.83. The summed E-state index contributed by atoms with van der Waals surface area (Å²) in [7, 11) is 1.71. The fraction of sp³-hybridized carbons (Fsp3) is 0.519. The Morgan fingerprint density at radius 2 is 2.03 bits per heavy atom. The Bertz CT molecular complexity index is 1190. The number of amides is 2. The van der Waals surface area contributed by atoms with Gasteiger partial charge in [0, 0.05) is 38.9 Å². The first kappa shape index (κ1) is 28.4. The molecule has 9 nitrogen and oxygen atoms in total. The van der Waals surface area contributed by atoms with E-state index in [4.69, 9.17) is 21.3 Å². The lowest BCUT2D eigenvalue weighted by atomic mass is 10.1. The van der Waals surface area contributed by atoms with Gasteiger partial charge in [-0.25, -0.2) is 9.78 Å². The fourth-order valence-corrected chi connectivity index (χ4v) is 4.64. The average Bonchev–Trinajstić information content (AvgIpc) is 2.83. The lowest BCUT2D eigenvalue weighted by molar-refractivity contribution is -0.106. The SMILES string of the molecule is CCc1nccc(C)c1N(C=O)c1nc(C)c(Cl)cc1C(=NC)N1CCN(C(=O)OC(C)(C)C)CC1C. The second-order valence-electron chi connectivity index (χ2n) is 10.2. The topological polar surface area (TPSA) is 91.2 Å². The average molecular weight is 529 g/mol. The smallest absolute Gasteiger partial charge is 0.410 e. The summed E-state index contributed by atoms with van der Waals surface area (Å²) in [5.74, 6) is 1.08. The van der Waals surface area contributed by atoms with Gasteiger partial charge in [-0.3, -0.25) is 19.7 Å². The van der Waals surface area contributed by atoms with Crippen LogP contribution in [0.4, 0.5) is 16.3 Å². The van der Waals surface area contributed by atoms with Crippen LogP contribution in [0, 0.1) is 13.8 Å². The van der Waals surface area contributed by atoms with Crippen LogP contribution in [-0.4, -0.2) is 76.4 Å². The van der Waals surface area contributed by atoms with Crippen molar-refractivity contribution >= 4 is 41.4 Å². The van der Waals surface area contributed by atoms with Crippen molar-refractivity contribution in [3.05, 3.63) is 45.9 Å². The molecule has 0 aromatic carbocycles. The molecule has 10 heteroatoms. The molecule has 3 heterocycles. The molecule has 2 amide bonds. The van der Waals surface area contributed by atoms with Crippen LogP contribution in [0.5, 0.6) is 0 Å². The number of aryl methyl sites for hydroxylation is 3. The van der Waals surface area contributed by atoms with Crippen molar-refractivity contribution in [3.8, 4) is 0 Å². The van der Waals surface area contributed by atoms with Gasteiger partial charge < -0.3 is 14.5 Å². The van der Waals surface area contributed by atoms with Crippen LogP contribution in [-0.2, 0) is 16.0 Å². The highest BCUT2D eigenvalue weighted by atomic mass is 35.5. The molecule has 2 aromatic heterocycles. The van der Waals surface area contributed by atoms with Crippen molar-refractivity contribution in [1.82, 2.24) is 19.8 Å². The molecule has 0 N–H and O–H groups in total. The number of aliphatic imine (C=N–C) groups is 1. The highest BCUT2D eigenvalue weighted by Crippen LogP contribution is 2.34. The maximum absolute atomic E-state index is 12.7. The number of anilines is 2. The summed E-state index contributed by atoms with van der Waals surface area (Å²) >= 11 is 6.55. The van der Waals surface area contributed by atoms with Crippen LogP contribution in [0.15, 0.2) is 23.3 Å². The van der Waals surface area contributed by atoms with E-state index in [1.54, 1.807) is 25.1 Å². The van der Waals surface area contributed by atoms with Gasteiger partial charge in [-0.1, -0.05) is 18.5 Å². The van der Waals surface area contributed by atoms with Gasteiger partial charge in [0.1, 0.15) is 11.4 Å². The second kappa shape index (κ2) is 11.5. The molecule has 0 bridgehead atoms. The Balaban J connectivity index is 2.03. The zero-order chi connectivity index (χ0) is 27.5. The first-order chi connectivity index (χ1) is 17.4. The highest BCUT2D eigenvalue weighted by Gasteiger charge is 2.33. The van der Waals surface area contributed by atoms with Gasteiger partial charge in [-0.2, -0.15) is 0 Å². The Kier molecular flexibility index (Phi) is 8.79. The van der Waals surface area contributed by atoms with E-state index < -0.39 is 5.60 Å². The molecule has 1 atom stereocenters. The molecule has 2 aromatic rings. The van der Waals surface area contributed by atoms with E-state index in [2.05, 4.69) is 14.9 Å². The molecule has 37 heavy (non-hydrogen) atoms. The van der Waals surface area contributed by atoms with Gasteiger partial charge in [0.05, 0.1) is 27.7 Å². The third-order valence-electron chi connectivity index (χ3n) is 6.25. The summed E-state index contributed by atoms with van der Waals surface area (Å²) in [5.41, 5.74) is 3.08. The summed E-state index contributed by atoms with van der Waals surface area (Å²) in [6.45, 7) is 14.8. The Hall–Kier alpha value is -3.20. The van der Waals surface area contributed by atoms with E-state index >= 15 is 0 Å². The molecule has 3 rings (SSSR count). The minimum absolute atomic E-state index is 0.0658. The zero-order valence-electron chi connectivity index (χ0n) is 23.0. The number of aromatic nitrogens is 2. The molecular weight excluding hydrogens is 492 g/mol. The van der Waals surface area contributed by atoms with Crippen molar-refractivity contribution < 1.29 is 14.3 Å². The van der Waals surface area contributed by atoms with Crippen LogP contribution in [0.1, 0.15) is 57.1 Å². The van der Waals surface area contributed by atoms with Crippen LogP contribution >= 0.6 is 11.6 Å². The Morgan fingerprint density at radius 3 is 2.59 bits per heavy atom. The lowest BCUT2D eigenvalue weighted by Gasteiger charge is -2.42. The van der Waals surface area contributed by atoms with Crippen LogP contribution in [0.25, 0.3) is 0 Å². The summed E-state index contributed by atoms with van der Waals surface area (Å²) in [5, 5.41) is 0.476. The van der Waals surface area contributed by atoms with Crippen LogP contribution in [0.3, 0.4) is 0 Å². The van der Waals surface area contributed by atoms with Crippen molar-refractivity contribution in [2.75, 3.05) is 31.6 Å². The summed E-state index contributed by atoms with van der Waals surface area (Å²) in [4.78, 5) is 44.5. The van der Waals surface area contributed by atoms with E-state index in [0.29, 0.717) is 59.7 Å². The number of halogens is 1. The molecular formula is C27H37ClN6O3. The molecule has 1 unspecified atom stereocenters. The number of pyridine rings is 2. The monoisotopic (exact) mass is 528 g/mol. The molecule has 1 fully saturated rings. The predicted molar refractivity (Wildman–Crippen MR) is 147 cm³/mol. The van der Waals surface area contributed by atoms with Gasteiger partial charge in [0.2, 0.25) is 6.41 Å². The number of piperazine rings is 1. The van der Waals surface area contributed by atoms with Gasteiger partial charge in [0.25, 0.3) is 0 Å². The van der Waals surface area contributed by atoms with E-state index in [0.717, 1.165) is 17.7 Å². The van der Waals surface area contributed by atoms with Crippen LogP contribution in [0.2, 0.25) is 5.02 Å². The quantitative estimate of drug-likeness (QED) is 0.311. The molecule has 0 spiro atoms. The number of nitrogens with zero attached hydrogens (tertiary/aromatic N) is 6. The third-order valence-corrected chi connectivity index (χ3v) is 6.63. The van der Waals surface area contributed by atoms with Crippen molar-refractivity contribution in [2.45, 2.75) is 66.5 Å². The third kappa shape index (κ3) is 6.21. The molecule has 0 radical (unpaired) electrons. The zero-order valence-corrected chi connectivity index (χ0v) is 23.8. The van der Waals surface area contributed by atoms with E-state index in [-0.39, 0.29) is 12.1 Å². The minimum Gasteiger partial charge on any atom is -0.444 e. The first-order valence-electron chi connectivity index (χ1n) is 12.5. The van der Waals surface area contributed by atoms with E-state index in [9.17, 15) is 9.59 Å². The molecule has 0 saturated carbocycles. The Labute approximate surface area is 224 Å². The van der Waals surface area contributed by atoms with Crippen molar-refractivity contribution in [2.24, 2.45) is 4.99 Å². The molecule has 1 aliphatic heterocycles. The maximum atomic E-state index is 12.7. The standard InChI is InChI=1S/C27H37ClN6O3/c1-9-22-23(17(2)10-11-30-22)34(16-35)25-20(14-21(28)19(4)31-25)24(29-8)33-13-12-32(15-18(33)3)26(36)37-27(5,6)7/h10-11,14,16,18H,9,12-13,15H2,1-8H3. The Morgan fingerprint density at radius 1 is 1.32 bits per heavy atom. The molecule has 0 aliphatic carbocycles. The van der Waals surface area contributed by atoms with Gasteiger partial charge in [-0.05, 0) is 65.7 Å². The number of amidine groups is 1. The van der Waals surface area contributed by atoms with E-state index in [1.807, 2.05) is 53.7 Å². The molecule has 1 saturated heterocycles. The predicted octanol–water partition coefficient (Wildman–Crippen LogP) is 4.92. The number of carbonyl (C=O) groups excluding carboxylic acids is 2. The van der Waals surface area contributed by atoms with Crippen molar-refractivity contribution in [3.63, 3.8) is 0 Å². The molecule has 1 aliphatic rings. The highest BCUT2D eigenvalue weighted by molar-refractivity contribution is 6.31. The van der Waals surface area contributed by atoms with Gasteiger partial charge in [-0.15, -0.1) is 0 Å². The fourth-order valence-electron chi connectivity index (χ4n) is 4.49. The number of carbonyl (C=O) groups is 2. The number of hydrogen-bond donors (Lipinski definition) is 0. The summed E-state index contributed by atoms with van der Waals surface area (Å²) < 4.78 is 5.57. The lowest BCUT2D eigenvalue weighted by Crippen LogP contribution is -2.56. The number of ether oxygens (including phenoxy) is 1. The largest absolute Gasteiger partial charge is 0.444 e. The van der Waals surface area contributed by atoms with Gasteiger partial charge >= 0.3 is 6.09 Å². The minimum atomic E-state index is -0.563. The number of hydrogen-bond acceptors (Lipinski definition) is 6. The summed E-state index contributed by atoms with van der Waals surface area (Å²) in [6, 6.07) is 3.62. The van der Waals surface area contributed by atoms with Crippen molar-refractivity contribution in [1.29, 1.82) is 0 Å². The van der Waals surface area contributed by atoms with Gasteiger partial charge in [0.15, 0.2) is 5.82 Å². The normalized spacial score (nSPS) is 16.6. The first-order valence-corrected chi connectivity index (χ1v) is 12.9. The maximum Gasteiger partial charge on any atom is 0.410 e. The van der Waals surface area contributed by atoms with Crippen LogP contribution < -0.4 is 4.90 Å². The second-order valence-corrected chi connectivity index (χ2v) is 10.6. The number of rotatable bonds is 5. The van der Waals surface area contributed by atoms with E-state index in [1.165, 1.54) is 4.90 Å². The molecule has 200 valence electrons.